The molecule has 0 spiro atoms. The molecule has 2 unspecified atom stereocenters. The second-order valence-electron chi connectivity index (χ2n) is 4.65. The number of rotatable bonds is 5. The van der Waals surface area contributed by atoms with Crippen molar-refractivity contribution in [2.24, 2.45) is 5.92 Å². The van der Waals surface area contributed by atoms with Crippen molar-refractivity contribution in [2.45, 2.75) is 64.5 Å². The molecular weight excluding hydrogens is 174 g/mol. The summed E-state index contributed by atoms with van der Waals surface area (Å²) in [5, 5.41) is 13.2. The van der Waals surface area contributed by atoms with Crippen molar-refractivity contribution in [3.8, 4) is 0 Å². The third kappa shape index (κ3) is 3.97. The van der Waals surface area contributed by atoms with Crippen molar-refractivity contribution in [1.82, 2.24) is 5.32 Å². The lowest BCUT2D eigenvalue weighted by molar-refractivity contribution is 0.0982. The van der Waals surface area contributed by atoms with Crippen LogP contribution in [0.1, 0.15) is 52.4 Å². The van der Waals surface area contributed by atoms with Crippen molar-refractivity contribution >= 4 is 0 Å². The lowest BCUT2D eigenvalue weighted by Gasteiger charge is -2.27. The van der Waals surface area contributed by atoms with E-state index in [2.05, 4.69) is 19.2 Å². The summed E-state index contributed by atoms with van der Waals surface area (Å²) in [5.74, 6) is 0.778. The highest BCUT2D eigenvalue weighted by molar-refractivity contribution is 4.76. The monoisotopic (exact) mass is 199 g/mol. The molecule has 0 heterocycles. The van der Waals surface area contributed by atoms with Gasteiger partial charge in [-0.2, -0.15) is 0 Å². The van der Waals surface area contributed by atoms with Crippen LogP contribution in [0.2, 0.25) is 0 Å². The summed E-state index contributed by atoms with van der Waals surface area (Å²) in [4.78, 5) is 0. The average molecular weight is 199 g/mol. The van der Waals surface area contributed by atoms with Gasteiger partial charge >= 0.3 is 0 Å². The molecule has 84 valence electrons. The summed E-state index contributed by atoms with van der Waals surface area (Å²) in [6.45, 7) is 5.11. The van der Waals surface area contributed by atoms with E-state index in [1.54, 1.807) is 0 Å². The molecule has 0 aromatic carbocycles. The molecule has 1 saturated carbocycles. The standard InChI is InChI=1S/C12H25NO/c1-3-13-10(2)12(14)9-11-7-5-4-6-8-11/h10-14H,3-9H2,1-2H3. The van der Waals surface area contributed by atoms with Crippen LogP contribution >= 0.6 is 0 Å². The van der Waals surface area contributed by atoms with Gasteiger partial charge in [0, 0.05) is 6.04 Å². The Morgan fingerprint density at radius 3 is 2.50 bits per heavy atom. The molecule has 0 amide bonds. The van der Waals surface area contributed by atoms with Crippen molar-refractivity contribution in [1.29, 1.82) is 0 Å². The molecule has 1 aliphatic carbocycles. The molecule has 0 aliphatic heterocycles. The Morgan fingerprint density at radius 2 is 1.93 bits per heavy atom. The molecular formula is C12H25NO. The maximum Gasteiger partial charge on any atom is 0.0693 e. The van der Waals surface area contributed by atoms with E-state index in [1.165, 1.54) is 32.1 Å². The van der Waals surface area contributed by atoms with Gasteiger partial charge in [0.15, 0.2) is 0 Å². The maximum absolute atomic E-state index is 9.94. The van der Waals surface area contributed by atoms with E-state index in [1.807, 2.05) is 0 Å². The zero-order chi connectivity index (χ0) is 10.4. The first kappa shape index (κ1) is 12.0. The molecule has 1 aliphatic rings. The molecule has 0 aromatic heterocycles. The first-order valence-electron chi connectivity index (χ1n) is 6.15. The molecule has 0 radical (unpaired) electrons. The Labute approximate surface area is 88.1 Å². The Bertz CT molecular complexity index is 143. The molecule has 0 aromatic rings. The minimum Gasteiger partial charge on any atom is -0.392 e. The Morgan fingerprint density at radius 1 is 1.29 bits per heavy atom. The molecule has 2 N–H and O–H groups in total. The van der Waals surface area contributed by atoms with Gasteiger partial charge < -0.3 is 10.4 Å². The highest BCUT2D eigenvalue weighted by atomic mass is 16.3. The van der Waals surface area contributed by atoms with Crippen LogP contribution in [0.3, 0.4) is 0 Å². The van der Waals surface area contributed by atoms with Gasteiger partial charge in [-0.3, -0.25) is 0 Å². The Kier molecular flexibility index (Phi) is 5.49. The van der Waals surface area contributed by atoms with Gasteiger partial charge in [-0.05, 0) is 25.8 Å². The molecule has 1 rings (SSSR count). The van der Waals surface area contributed by atoms with E-state index in [0.717, 1.165) is 18.9 Å². The van der Waals surface area contributed by atoms with Crippen LogP contribution in [0.5, 0.6) is 0 Å². The number of aliphatic hydroxyl groups is 1. The molecule has 0 saturated heterocycles. The minimum absolute atomic E-state index is 0.155. The van der Waals surface area contributed by atoms with Crippen LogP contribution in [-0.4, -0.2) is 23.8 Å². The van der Waals surface area contributed by atoms with Gasteiger partial charge in [0.1, 0.15) is 0 Å². The van der Waals surface area contributed by atoms with E-state index >= 15 is 0 Å². The second kappa shape index (κ2) is 6.41. The Balaban J connectivity index is 2.20. The van der Waals surface area contributed by atoms with E-state index in [0.29, 0.717) is 0 Å². The summed E-state index contributed by atoms with van der Waals surface area (Å²) in [6, 6.07) is 0.252. The van der Waals surface area contributed by atoms with E-state index < -0.39 is 0 Å². The fourth-order valence-corrected chi connectivity index (χ4v) is 2.43. The Hall–Kier alpha value is -0.0800. The van der Waals surface area contributed by atoms with Crippen molar-refractivity contribution in [2.75, 3.05) is 6.54 Å². The molecule has 14 heavy (non-hydrogen) atoms. The summed E-state index contributed by atoms with van der Waals surface area (Å²) < 4.78 is 0. The summed E-state index contributed by atoms with van der Waals surface area (Å²) >= 11 is 0. The number of nitrogens with one attached hydrogen (secondary N) is 1. The van der Waals surface area contributed by atoms with E-state index in [-0.39, 0.29) is 12.1 Å². The van der Waals surface area contributed by atoms with Crippen molar-refractivity contribution in [3.63, 3.8) is 0 Å². The van der Waals surface area contributed by atoms with Gasteiger partial charge in [-0.25, -0.2) is 0 Å². The molecule has 0 bridgehead atoms. The minimum atomic E-state index is -0.155. The average Bonchev–Trinajstić information content (AvgIpc) is 2.19. The fourth-order valence-electron chi connectivity index (χ4n) is 2.43. The van der Waals surface area contributed by atoms with E-state index in [9.17, 15) is 5.11 Å². The maximum atomic E-state index is 9.94. The predicted molar refractivity (Wildman–Crippen MR) is 60.3 cm³/mol. The van der Waals surface area contributed by atoms with Crippen LogP contribution in [0.15, 0.2) is 0 Å². The zero-order valence-corrected chi connectivity index (χ0v) is 9.63. The van der Waals surface area contributed by atoms with Crippen LogP contribution in [-0.2, 0) is 0 Å². The third-order valence-electron chi connectivity index (χ3n) is 3.40. The SMILES string of the molecule is CCNC(C)C(O)CC1CCCCC1. The van der Waals surface area contributed by atoms with Crippen LogP contribution in [0.4, 0.5) is 0 Å². The number of likely N-dealkylation sites (N-methyl/N-ethyl adjacent to an activating group) is 1. The highest BCUT2D eigenvalue weighted by Gasteiger charge is 2.20. The third-order valence-corrected chi connectivity index (χ3v) is 3.40. The smallest absolute Gasteiger partial charge is 0.0693 e. The predicted octanol–water partition coefficient (Wildman–Crippen LogP) is 2.32. The first-order chi connectivity index (χ1) is 6.74. The largest absolute Gasteiger partial charge is 0.392 e. The summed E-state index contributed by atoms with van der Waals surface area (Å²) in [6.07, 6.45) is 7.63. The number of aliphatic hydroxyl groups excluding tert-OH is 1. The number of hydrogen-bond acceptors (Lipinski definition) is 2. The summed E-state index contributed by atoms with van der Waals surface area (Å²) in [5.41, 5.74) is 0. The normalized spacial score (nSPS) is 23.4. The van der Waals surface area contributed by atoms with Crippen LogP contribution in [0, 0.1) is 5.92 Å². The van der Waals surface area contributed by atoms with E-state index in [4.69, 9.17) is 0 Å². The molecule has 2 atom stereocenters. The van der Waals surface area contributed by atoms with Gasteiger partial charge in [-0.1, -0.05) is 39.0 Å². The first-order valence-corrected chi connectivity index (χ1v) is 6.15. The van der Waals surface area contributed by atoms with Gasteiger partial charge in [-0.15, -0.1) is 0 Å². The second-order valence-corrected chi connectivity index (χ2v) is 4.65. The van der Waals surface area contributed by atoms with Crippen LogP contribution in [0.25, 0.3) is 0 Å². The van der Waals surface area contributed by atoms with Crippen LogP contribution < -0.4 is 5.32 Å². The molecule has 2 heteroatoms. The zero-order valence-electron chi connectivity index (χ0n) is 9.63. The number of hydrogen-bond donors (Lipinski definition) is 2. The van der Waals surface area contributed by atoms with Gasteiger partial charge in [0.05, 0.1) is 6.10 Å². The van der Waals surface area contributed by atoms with Gasteiger partial charge in [0.2, 0.25) is 0 Å². The molecule has 2 nitrogen and oxygen atoms in total. The highest BCUT2D eigenvalue weighted by Crippen LogP contribution is 2.27. The lowest BCUT2D eigenvalue weighted by atomic mass is 9.84. The fraction of sp³-hybridized carbons (Fsp3) is 1.00. The lowest BCUT2D eigenvalue weighted by Crippen LogP contribution is -2.38. The topological polar surface area (TPSA) is 32.3 Å². The quantitative estimate of drug-likeness (QED) is 0.712. The van der Waals surface area contributed by atoms with Gasteiger partial charge in [0.25, 0.3) is 0 Å². The van der Waals surface area contributed by atoms with Crippen molar-refractivity contribution < 1.29 is 5.11 Å². The summed E-state index contributed by atoms with van der Waals surface area (Å²) in [7, 11) is 0. The van der Waals surface area contributed by atoms with Crippen molar-refractivity contribution in [3.05, 3.63) is 0 Å². The molecule has 1 fully saturated rings.